The molecule has 3 N–H and O–H groups in total. The third kappa shape index (κ3) is 3.63. The second-order valence-electron chi connectivity index (χ2n) is 5.96. The van der Waals surface area contributed by atoms with Crippen LogP contribution >= 0.6 is 11.6 Å². The molecule has 0 radical (unpaired) electrons. The van der Waals surface area contributed by atoms with Crippen molar-refractivity contribution in [1.82, 2.24) is 20.9 Å². The maximum Gasteiger partial charge on any atom is 0.328 e. The lowest BCUT2D eigenvalue weighted by Gasteiger charge is -2.39. The molecule has 2 heterocycles. The molecule has 2 fully saturated rings. The maximum atomic E-state index is 12.3. The number of amides is 4. The molecule has 2 saturated heterocycles. The highest BCUT2D eigenvalue weighted by molar-refractivity contribution is 6.31. The van der Waals surface area contributed by atoms with Gasteiger partial charge in [0.25, 0.3) is 0 Å². The summed E-state index contributed by atoms with van der Waals surface area (Å²) in [6.07, 6.45) is 0.677. The summed E-state index contributed by atoms with van der Waals surface area (Å²) in [4.78, 5) is 25.9. The Bertz CT molecular complexity index is 603. The van der Waals surface area contributed by atoms with E-state index >= 15 is 0 Å². The fourth-order valence-electron chi connectivity index (χ4n) is 3.04. The van der Waals surface area contributed by atoms with Gasteiger partial charge in [-0.25, -0.2) is 14.5 Å². The third-order valence-electron chi connectivity index (χ3n) is 4.32. The van der Waals surface area contributed by atoms with Gasteiger partial charge in [0.15, 0.2) is 6.29 Å². The first-order valence-electron chi connectivity index (χ1n) is 8.04. The molecule has 24 heavy (non-hydrogen) atoms. The first-order chi connectivity index (χ1) is 11.6. The van der Waals surface area contributed by atoms with Crippen molar-refractivity contribution in [2.45, 2.75) is 38.1 Å². The van der Waals surface area contributed by atoms with E-state index in [1.807, 2.05) is 25.1 Å². The summed E-state index contributed by atoms with van der Waals surface area (Å²) in [6, 6.07) is 6.41. The van der Waals surface area contributed by atoms with Gasteiger partial charge < -0.3 is 15.4 Å². The van der Waals surface area contributed by atoms with E-state index in [1.54, 1.807) is 6.07 Å². The molecule has 1 aromatic rings. The number of carbonyl (C=O) groups excluding carboxylic acids is 2. The van der Waals surface area contributed by atoms with Gasteiger partial charge in [0.05, 0.1) is 0 Å². The largest absolute Gasteiger partial charge is 0.381 e. The van der Waals surface area contributed by atoms with Crippen LogP contribution in [0.25, 0.3) is 0 Å². The molecule has 0 saturated carbocycles. The van der Waals surface area contributed by atoms with Gasteiger partial charge in [0.2, 0.25) is 0 Å². The van der Waals surface area contributed by atoms with Gasteiger partial charge in [-0.1, -0.05) is 29.8 Å². The molecule has 3 rings (SSSR count). The number of imide groups is 1. The highest BCUT2D eigenvalue weighted by atomic mass is 35.5. The second-order valence-corrected chi connectivity index (χ2v) is 6.36. The number of benzene rings is 1. The van der Waals surface area contributed by atoms with Crippen LogP contribution in [0, 0.1) is 0 Å². The molecule has 0 unspecified atom stereocenters. The topological polar surface area (TPSA) is 82.7 Å². The Morgan fingerprint density at radius 1 is 1.21 bits per heavy atom. The van der Waals surface area contributed by atoms with Crippen LogP contribution in [0.4, 0.5) is 9.59 Å². The zero-order chi connectivity index (χ0) is 17.1. The molecule has 2 aliphatic rings. The van der Waals surface area contributed by atoms with Gasteiger partial charge in [0.1, 0.15) is 0 Å². The molecule has 0 aromatic heterocycles. The van der Waals surface area contributed by atoms with Crippen LogP contribution in [0.5, 0.6) is 0 Å². The maximum absolute atomic E-state index is 12.3. The van der Waals surface area contributed by atoms with Crippen LogP contribution in [0.15, 0.2) is 24.3 Å². The molecule has 2 aliphatic heterocycles. The molecule has 1 atom stereocenters. The Morgan fingerprint density at radius 3 is 2.46 bits per heavy atom. The summed E-state index contributed by atoms with van der Waals surface area (Å²) in [5.41, 5.74) is 0.898. The molecule has 4 amide bonds. The minimum Gasteiger partial charge on any atom is -0.381 e. The summed E-state index contributed by atoms with van der Waals surface area (Å²) in [7, 11) is 0. The Balaban J connectivity index is 1.63. The Labute approximate surface area is 145 Å². The molecule has 8 heteroatoms. The van der Waals surface area contributed by atoms with E-state index < -0.39 is 18.4 Å². The number of carbonyl (C=O) groups is 2. The fraction of sp³-hybridized carbons (Fsp3) is 0.500. The molecule has 0 aliphatic carbocycles. The van der Waals surface area contributed by atoms with Gasteiger partial charge in [-0.3, -0.25) is 5.32 Å². The lowest BCUT2D eigenvalue weighted by molar-refractivity contribution is 0.0492. The van der Waals surface area contributed by atoms with Crippen molar-refractivity contribution in [3.8, 4) is 0 Å². The third-order valence-corrected chi connectivity index (χ3v) is 4.66. The Hall–Kier alpha value is -1.83. The predicted octanol–water partition coefficient (Wildman–Crippen LogP) is 2.19. The molecular formula is C16H21ClN4O3. The summed E-state index contributed by atoms with van der Waals surface area (Å²) in [5.74, 6) is 0. The van der Waals surface area contributed by atoms with Crippen molar-refractivity contribution in [3.63, 3.8) is 0 Å². The molecular weight excluding hydrogens is 332 g/mol. The number of hydrogen-bond donors (Lipinski definition) is 3. The second kappa shape index (κ2) is 7.38. The van der Waals surface area contributed by atoms with Crippen molar-refractivity contribution >= 4 is 23.7 Å². The van der Waals surface area contributed by atoms with Crippen molar-refractivity contribution in [1.29, 1.82) is 0 Å². The number of halogens is 1. The number of nitrogens with one attached hydrogen (secondary N) is 3. The quantitative estimate of drug-likeness (QED) is 0.775. The van der Waals surface area contributed by atoms with E-state index in [4.69, 9.17) is 16.3 Å². The molecule has 1 aromatic carbocycles. The SMILES string of the molecule is C[C@H](NC1NC(=O)N(C2CCOCC2)C(=O)N1)c1ccccc1Cl. The Kier molecular flexibility index (Phi) is 5.23. The van der Waals surface area contributed by atoms with Crippen LogP contribution in [-0.4, -0.2) is 42.5 Å². The van der Waals surface area contributed by atoms with Crippen LogP contribution < -0.4 is 16.0 Å². The Morgan fingerprint density at radius 2 is 1.83 bits per heavy atom. The molecule has 130 valence electrons. The number of urea groups is 2. The predicted molar refractivity (Wildman–Crippen MR) is 89.5 cm³/mol. The summed E-state index contributed by atoms with van der Waals surface area (Å²) >= 11 is 6.18. The number of rotatable bonds is 4. The summed E-state index contributed by atoms with van der Waals surface area (Å²) < 4.78 is 5.28. The monoisotopic (exact) mass is 352 g/mol. The first kappa shape index (κ1) is 17.0. The van der Waals surface area contributed by atoms with Gasteiger partial charge in [-0.2, -0.15) is 0 Å². The minimum absolute atomic E-state index is 0.124. The average molecular weight is 353 g/mol. The van der Waals surface area contributed by atoms with Crippen LogP contribution in [0.2, 0.25) is 5.02 Å². The lowest BCUT2D eigenvalue weighted by Crippen LogP contribution is -2.70. The molecule has 0 spiro atoms. The van der Waals surface area contributed by atoms with Gasteiger partial charge in [0, 0.05) is 30.3 Å². The standard InChI is InChI=1S/C16H21ClN4O3/c1-10(12-4-2-3-5-13(12)17)18-14-19-15(22)21(16(23)20-14)11-6-8-24-9-7-11/h2-5,10-11,14,18H,6-9H2,1H3,(H,19,22)(H,20,23)/t10-/m0/s1. The number of ether oxygens (including phenoxy) is 1. The molecule has 7 nitrogen and oxygen atoms in total. The fourth-order valence-corrected chi connectivity index (χ4v) is 3.34. The first-order valence-corrected chi connectivity index (χ1v) is 8.42. The summed E-state index contributed by atoms with van der Waals surface area (Å²) in [6.45, 7) is 3.05. The van der Waals surface area contributed by atoms with Crippen LogP contribution in [0.1, 0.15) is 31.4 Å². The van der Waals surface area contributed by atoms with E-state index in [9.17, 15) is 9.59 Å². The smallest absolute Gasteiger partial charge is 0.328 e. The van der Waals surface area contributed by atoms with Crippen molar-refractivity contribution in [2.75, 3.05) is 13.2 Å². The van der Waals surface area contributed by atoms with E-state index in [0.717, 1.165) is 5.56 Å². The lowest BCUT2D eigenvalue weighted by atomic mass is 10.1. The van der Waals surface area contributed by atoms with E-state index in [0.29, 0.717) is 31.1 Å². The highest BCUT2D eigenvalue weighted by Crippen LogP contribution is 2.23. The van der Waals surface area contributed by atoms with E-state index in [2.05, 4.69) is 16.0 Å². The van der Waals surface area contributed by atoms with E-state index in [1.165, 1.54) is 4.90 Å². The summed E-state index contributed by atoms with van der Waals surface area (Å²) in [5, 5.41) is 9.34. The van der Waals surface area contributed by atoms with Gasteiger partial charge in [-0.15, -0.1) is 0 Å². The van der Waals surface area contributed by atoms with Gasteiger partial charge >= 0.3 is 12.1 Å². The van der Waals surface area contributed by atoms with Gasteiger partial charge in [-0.05, 0) is 31.4 Å². The highest BCUT2D eigenvalue weighted by Gasteiger charge is 2.37. The van der Waals surface area contributed by atoms with E-state index in [-0.39, 0.29) is 12.1 Å². The van der Waals surface area contributed by atoms with Crippen LogP contribution in [0.3, 0.4) is 0 Å². The average Bonchev–Trinajstić information content (AvgIpc) is 2.55. The normalized spacial score (nSPS) is 21.3. The van der Waals surface area contributed by atoms with Crippen molar-refractivity contribution in [2.24, 2.45) is 0 Å². The zero-order valence-electron chi connectivity index (χ0n) is 13.4. The van der Waals surface area contributed by atoms with Crippen LogP contribution in [-0.2, 0) is 4.74 Å². The zero-order valence-corrected chi connectivity index (χ0v) is 14.2. The van der Waals surface area contributed by atoms with Crippen molar-refractivity contribution < 1.29 is 14.3 Å². The molecule has 0 bridgehead atoms. The number of hydrogen-bond acceptors (Lipinski definition) is 4. The van der Waals surface area contributed by atoms with Crippen molar-refractivity contribution in [3.05, 3.63) is 34.9 Å². The number of nitrogens with zero attached hydrogens (tertiary/aromatic N) is 1. The minimum atomic E-state index is -0.646.